The SMILES string of the molecule is Cc1nc(CSCCC(=O)N2CCC(O)C2)cs1. The van der Waals surface area contributed by atoms with Crippen LogP contribution in [0.5, 0.6) is 0 Å². The fourth-order valence-electron chi connectivity index (χ4n) is 1.94. The van der Waals surface area contributed by atoms with Gasteiger partial charge in [0.25, 0.3) is 0 Å². The number of aliphatic hydroxyl groups is 1. The van der Waals surface area contributed by atoms with Crippen molar-refractivity contribution in [3.63, 3.8) is 0 Å². The van der Waals surface area contributed by atoms with Gasteiger partial charge < -0.3 is 10.0 Å². The van der Waals surface area contributed by atoms with Crippen LogP contribution in [0.3, 0.4) is 0 Å². The molecule has 1 fully saturated rings. The van der Waals surface area contributed by atoms with Crippen molar-refractivity contribution in [1.29, 1.82) is 0 Å². The summed E-state index contributed by atoms with van der Waals surface area (Å²) < 4.78 is 0. The molecule has 0 aliphatic carbocycles. The summed E-state index contributed by atoms with van der Waals surface area (Å²) >= 11 is 3.40. The van der Waals surface area contributed by atoms with Gasteiger partial charge >= 0.3 is 0 Å². The van der Waals surface area contributed by atoms with E-state index in [2.05, 4.69) is 10.4 Å². The number of likely N-dealkylation sites (tertiary alicyclic amines) is 1. The minimum atomic E-state index is -0.320. The van der Waals surface area contributed by atoms with Gasteiger partial charge in [0.2, 0.25) is 5.91 Å². The van der Waals surface area contributed by atoms with Crippen molar-refractivity contribution in [3.05, 3.63) is 16.1 Å². The molecule has 0 spiro atoms. The lowest BCUT2D eigenvalue weighted by Crippen LogP contribution is -2.29. The van der Waals surface area contributed by atoms with E-state index >= 15 is 0 Å². The number of carbonyl (C=O) groups is 1. The minimum Gasteiger partial charge on any atom is -0.391 e. The lowest BCUT2D eigenvalue weighted by molar-refractivity contribution is -0.130. The van der Waals surface area contributed by atoms with Gasteiger partial charge in [0.15, 0.2) is 0 Å². The average Bonchev–Trinajstić information content (AvgIpc) is 2.93. The standard InChI is InChI=1S/C12H18N2O2S2/c1-9-13-10(8-18-9)7-17-5-3-12(16)14-4-2-11(15)6-14/h8,11,15H,2-7H2,1H3. The molecule has 0 radical (unpaired) electrons. The number of aryl methyl sites for hydroxylation is 1. The van der Waals surface area contributed by atoms with Crippen molar-refractivity contribution in [2.45, 2.75) is 31.6 Å². The van der Waals surface area contributed by atoms with Crippen molar-refractivity contribution in [1.82, 2.24) is 9.88 Å². The molecule has 0 saturated carbocycles. The Hall–Kier alpha value is -0.590. The van der Waals surface area contributed by atoms with Crippen molar-refractivity contribution in [3.8, 4) is 0 Å². The fourth-order valence-corrected chi connectivity index (χ4v) is 3.48. The Balaban J connectivity index is 1.62. The summed E-state index contributed by atoms with van der Waals surface area (Å²) in [7, 11) is 0. The van der Waals surface area contributed by atoms with E-state index in [1.165, 1.54) is 0 Å². The van der Waals surface area contributed by atoms with E-state index in [0.29, 0.717) is 19.5 Å². The van der Waals surface area contributed by atoms with Crippen molar-refractivity contribution in [2.75, 3.05) is 18.8 Å². The van der Waals surface area contributed by atoms with E-state index in [4.69, 9.17) is 0 Å². The molecule has 1 aliphatic heterocycles. The summed E-state index contributed by atoms with van der Waals surface area (Å²) in [6.07, 6.45) is 0.955. The van der Waals surface area contributed by atoms with Gasteiger partial charge in [-0.05, 0) is 13.3 Å². The smallest absolute Gasteiger partial charge is 0.223 e. The predicted molar refractivity (Wildman–Crippen MR) is 74.8 cm³/mol. The number of thioether (sulfide) groups is 1. The number of rotatable bonds is 5. The third kappa shape index (κ3) is 3.96. The number of nitrogens with zero attached hydrogens (tertiary/aromatic N) is 2. The monoisotopic (exact) mass is 286 g/mol. The molecular weight excluding hydrogens is 268 g/mol. The number of β-amino-alcohol motifs (C(OH)–C–C–N with tert-alkyl or cyclic N) is 1. The van der Waals surface area contributed by atoms with E-state index in [9.17, 15) is 9.90 Å². The van der Waals surface area contributed by atoms with E-state index in [-0.39, 0.29) is 12.0 Å². The Morgan fingerprint density at radius 3 is 3.17 bits per heavy atom. The Kier molecular flexibility index (Phi) is 5.03. The van der Waals surface area contributed by atoms with Gasteiger partial charge in [0, 0.05) is 36.4 Å². The molecule has 1 unspecified atom stereocenters. The van der Waals surface area contributed by atoms with Crippen LogP contribution in [-0.2, 0) is 10.5 Å². The van der Waals surface area contributed by atoms with Gasteiger partial charge in [-0.3, -0.25) is 4.79 Å². The maximum absolute atomic E-state index is 11.8. The quantitative estimate of drug-likeness (QED) is 0.837. The van der Waals surface area contributed by atoms with Crippen LogP contribution in [-0.4, -0.2) is 45.8 Å². The first kappa shape index (κ1) is 13.8. The zero-order valence-electron chi connectivity index (χ0n) is 10.5. The Morgan fingerprint density at radius 1 is 1.72 bits per heavy atom. The Bertz CT molecular complexity index is 409. The highest BCUT2D eigenvalue weighted by atomic mass is 32.2. The molecular formula is C12H18N2O2S2. The van der Waals surface area contributed by atoms with Crippen molar-refractivity contribution in [2.24, 2.45) is 0 Å². The number of hydrogen-bond acceptors (Lipinski definition) is 5. The molecule has 6 heteroatoms. The topological polar surface area (TPSA) is 53.4 Å². The van der Waals surface area contributed by atoms with Gasteiger partial charge in [-0.25, -0.2) is 4.98 Å². The second-order valence-corrected chi connectivity index (χ2v) is 6.61. The number of aromatic nitrogens is 1. The Morgan fingerprint density at radius 2 is 2.56 bits per heavy atom. The summed E-state index contributed by atoms with van der Waals surface area (Å²) in [6, 6.07) is 0. The molecule has 18 heavy (non-hydrogen) atoms. The summed E-state index contributed by atoms with van der Waals surface area (Å²) in [5, 5.41) is 12.5. The van der Waals surface area contributed by atoms with Crippen LogP contribution in [0.1, 0.15) is 23.5 Å². The van der Waals surface area contributed by atoms with Gasteiger partial charge in [-0.2, -0.15) is 11.8 Å². The highest BCUT2D eigenvalue weighted by Gasteiger charge is 2.23. The predicted octanol–water partition coefficient (Wildman–Crippen LogP) is 1.67. The summed E-state index contributed by atoms with van der Waals surface area (Å²) in [5.74, 6) is 1.86. The molecule has 1 saturated heterocycles. The first-order valence-electron chi connectivity index (χ1n) is 6.10. The van der Waals surface area contributed by atoms with E-state index in [1.54, 1.807) is 28.0 Å². The highest BCUT2D eigenvalue weighted by molar-refractivity contribution is 7.98. The largest absolute Gasteiger partial charge is 0.391 e. The zero-order chi connectivity index (χ0) is 13.0. The van der Waals surface area contributed by atoms with Crippen LogP contribution in [0.4, 0.5) is 0 Å². The number of thiazole rings is 1. The molecule has 1 amide bonds. The average molecular weight is 286 g/mol. The molecule has 1 aromatic rings. The second-order valence-electron chi connectivity index (χ2n) is 4.44. The number of carbonyl (C=O) groups excluding carboxylic acids is 1. The maximum atomic E-state index is 11.8. The van der Waals surface area contributed by atoms with Gasteiger partial charge in [0.1, 0.15) is 0 Å². The normalized spacial score (nSPS) is 19.4. The first-order valence-corrected chi connectivity index (χ1v) is 8.13. The van der Waals surface area contributed by atoms with Crippen molar-refractivity contribution < 1.29 is 9.90 Å². The number of hydrogen-bond donors (Lipinski definition) is 1. The molecule has 2 heterocycles. The van der Waals surface area contributed by atoms with Gasteiger partial charge in [0.05, 0.1) is 16.8 Å². The van der Waals surface area contributed by atoms with E-state index in [1.807, 2.05) is 6.92 Å². The van der Waals surface area contributed by atoms with Gasteiger partial charge in [-0.1, -0.05) is 0 Å². The van der Waals surface area contributed by atoms with Crippen LogP contribution in [0.2, 0.25) is 0 Å². The lowest BCUT2D eigenvalue weighted by Gasteiger charge is -2.14. The highest BCUT2D eigenvalue weighted by Crippen LogP contribution is 2.17. The van der Waals surface area contributed by atoms with Crippen LogP contribution in [0.15, 0.2) is 5.38 Å². The zero-order valence-corrected chi connectivity index (χ0v) is 12.1. The van der Waals surface area contributed by atoms with Crippen molar-refractivity contribution >= 4 is 29.0 Å². The van der Waals surface area contributed by atoms with Crippen LogP contribution < -0.4 is 0 Å². The summed E-state index contributed by atoms with van der Waals surface area (Å²) in [4.78, 5) is 17.9. The van der Waals surface area contributed by atoms with Crippen LogP contribution in [0.25, 0.3) is 0 Å². The van der Waals surface area contributed by atoms with E-state index in [0.717, 1.165) is 28.6 Å². The Labute approximate surface area is 115 Å². The molecule has 1 N–H and O–H groups in total. The van der Waals surface area contributed by atoms with Crippen LogP contribution in [0, 0.1) is 6.92 Å². The molecule has 1 aromatic heterocycles. The molecule has 4 nitrogen and oxygen atoms in total. The lowest BCUT2D eigenvalue weighted by atomic mass is 10.3. The molecule has 0 aromatic carbocycles. The second kappa shape index (κ2) is 6.54. The fraction of sp³-hybridized carbons (Fsp3) is 0.667. The number of amides is 1. The van der Waals surface area contributed by atoms with E-state index < -0.39 is 0 Å². The first-order chi connectivity index (χ1) is 8.65. The molecule has 100 valence electrons. The number of aliphatic hydroxyl groups excluding tert-OH is 1. The van der Waals surface area contributed by atoms with Gasteiger partial charge in [-0.15, -0.1) is 11.3 Å². The summed E-state index contributed by atoms with van der Waals surface area (Å²) in [6.45, 7) is 3.21. The minimum absolute atomic E-state index is 0.161. The van der Waals surface area contributed by atoms with Crippen LogP contribution >= 0.6 is 23.1 Å². The molecule has 1 aliphatic rings. The summed E-state index contributed by atoms with van der Waals surface area (Å²) in [5.41, 5.74) is 1.10. The molecule has 0 bridgehead atoms. The third-order valence-corrected chi connectivity index (χ3v) is 4.71. The maximum Gasteiger partial charge on any atom is 0.223 e. The third-order valence-electron chi connectivity index (χ3n) is 2.89. The molecule has 2 rings (SSSR count). The molecule has 1 atom stereocenters.